The van der Waals surface area contributed by atoms with Crippen LogP contribution >= 0.6 is 11.3 Å². The summed E-state index contributed by atoms with van der Waals surface area (Å²) >= 11 is 1.73. The Morgan fingerprint density at radius 3 is 2.71 bits per heavy atom. The molecule has 1 aliphatic heterocycles. The fourth-order valence-electron chi connectivity index (χ4n) is 3.27. The molecule has 0 saturated carbocycles. The number of aromatic nitrogens is 5. The van der Waals surface area contributed by atoms with Crippen molar-refractivity contribution in [3.8, 4) is 11.5 Å². The highest BCUT2D eigenvalue weighted by Gasteiger charge is 2.25. The van der Waals surface area contributed by atoms with Crippen LogP contribution in [0.4, 0.5) is 0 Å². The molecule has 1 N–H and O–H groups in total. The highest BCUT2D eigenvalue weighted by Crippen LogP contribution is 2.32. The molecule has 3 aromatic heterocycles. The first-order chi connectivity index (χ1) is 11.8. The molecular weight excluding hydrogens is 320 g/mol. The minimum absolute atomic E-state index is 0.441. The predicted molar refractivity (Wildman–Crippen MR) is 93.7 cm³/mol. The van der Waals surface area contributed by atoms with E-state index in [2.05, 4.69) is 29.8 Å². The number of nitrogens with one attached hydrogen (secondary N) is 1. The van der Waals surface area contributed by atoms with E-state index in [0.717, 1.165) is 55.4 Å². The van der Waals surface area contributed by atoms with Crippen LogP contribution in [0.2, 0.25) is 0 Å². The van der Waals surface area contributed by atoms with Crippen molar-refractivity contribution < 1.29 is 0 Å². The molecule has 0 spiro atoms. The lowest BCUT2D eigenvalue weighted by molar-refractivity contribution is 0.205. The van der Waals surface area contributed by atoms with Crippen LogP contribution in [0.3, 0.4) is 0 Å². The second kappa shape index (κ2) is 6.78. The van der Waals surface area contributed by atoms with Crippen LogP contribution in [0.15, 0.2) is 30.3 Å². The predicted octanol–water partition coefficient (Wildman–Crippen LogP) is 3.01. The van der Waals surface area contributed by atoms with Gasteiger partial charge in [-0.05, 0) is 32.9 Å². The molecular formula is C17H20N6S. The Hall–Kier alpha value is -2.12. The maximum Gasteiger partial charge on any atom is 0.158 e. The molecule has 0 bridgehead atoms. The van der Waals surface area contributed by atoms with E-state index in [1.165, 1.54) is 4.88 Å². The largest absolute Gasteiger partial charge is 0.341 e. The molecule has 0 aliphatic carbocycles. The fraction of sp³-hybridized carbons (Fsp3) is 0.412. The van der Waals surface area contributed by atoms with E-state index in [1.54, 1.807) is 23.7 Å². The van der Waals surface area contributed by atoms with Gasteiger partial charge in [0.1, 0.15) is 5.69 Å². The third kappa shape index (κ3) is 3.22. The molecule has 1 aliphatic rings. The Morgan fingerprint density at radius 2 is 2.00 bits per heavy atom. The molecule has 0 radical (unpaired) electrons. The maximum atomic E-state index is 4.64. The second-order valence-corrected chi connectivity index (χ2v) is 7.19. The van der Waals surface area contributed by atoms with E-state index >= 15 is 0 Å². The third-order valence-corrected chi connectivity index (χ3v) is 5.26. The SMILES string of the molecule is Cc1cnc(-c2nccnc2C2CCN(Cc3cncs3)CC2)[nH]1. The van der Waals surface area contributed by atoms with E-state index in [4.69, 9.17) is 0 Å². The van der Waals surface area contributed by atoms with Crippen molar-refractivity contribution in [2.75, 3.05) is 13.1 Å². The summed E-state index contributed by atoms with van der Waals surface area (Å²) < 4.78 is 0. The maximum absolute atomic E-state index is 4.64. The lowest BCUT2D eigenvalue weighted by atomic mass is 9.91. The molecule has 0 unspecified atom stereocenters. The van der Waals surface area contributed by atoms with Gasteiger partial charge in [0.2, 0.25) is 0 Å². The number of nitrogens with zero attached hydrogens (tertiary/aromatic N) is 5. The average molecular weight is 340 g/mol. The van der Waals surface area contributed by atoms with Crippen molar-refractivity contribution in [3.05, 3.63) is 46.6 Å². The van der Waals surface area contributed by atoms with Gasteiger partial charge in [-0.3, -0.25) is 14.9 Å². The molecule has 124 valence electrons. The molecule has 1 fully saturated rings. The van der Waals surface area contributed by atoms with Crippen LogP contribution in [-0.2, 0) is 6.54 Å². The first kappa shape index (κ1) is 15.4. The highest BCUT2D eigenvalue weighted by molar-refractivity contribution is 7.09. The molecule has 7 heteroatoms. The standard InChI is InChI=1S/C17H20N6S/c1-12-8-21-17(22-12)16-15(19-4-5-20-16)13-2-6-23(7-3-13)10-14-9-18-11-24-14/h4-5,8-9,11,13H,2-3,6-7,10H2,1H3,(H,21,22). The Balaban J connectivity index is 1.48. The van der Waals surface area contributed by atoms with Crippen molar-refractivity contribution in [1.29, 1.82) is 0 Å². The van der Waals surface area contributed by atoms with Crippen LogP contribution in [0.25, 0.3) is 11.5 Å². The molecule has 6 nitrogen and oxygen atoms in total. The van der Waals surface area contributed by atoms with Gasteiger partial charge in [-0.15, -0.1) is 11.3 Å². The van der Waals surface area contributed by atoms with Gasteiger partial charge in [0, 0.05) is 47.8 Å². The Bertz CT molecular complexity index is 789. The van der Waals surface area contributed by atoms with E-state index in [9.17, 15) is 0 Å². The minimum atomic E-state index is 0.441. The van der Waals surface area contributed by atoms with E-state index in [1.807, 2.05) is 24.8 Å². The first-order valence-corrected chi connectivity index (χ1v) is 9.10. The van der Waals surface area contributed by atoms with Gasteiger partial charge < -0.3 is 4.98 Å². The van der Waals surface area contributed by atoms with Gasteiger partial charge >= 0.3 is 0 Å². The van der Waals surface area contributed by atoms with Crippen LogP contribution in [0, 0.1) is 6.92 Å². The Morgan fingerprint density at radius 1 is 1.17 bits per heavy atom. The molecule has 0 aromatic carbocycles. The fourth-order valence-corrected chi connectivity index (χ4v) is 3.90. The van der Waals surface area contributed by atoms with Crippen molar-refractivity contribution >= 4 is 11.3 Å². The lowest BCUT2D eigenvalue weighted by Gasteiger charge is -2.31. The van der Waals surface area contributed by atoms with Gasteiger partial charge in [0.25, 0.3) is 0 Å². The average Bonchev–Trinajstić information content (AvgIpc) is 3.27. The number of aryl methyl sites for hydroxylation is 1. The number of piperidine rings is 1. The molecule has 0 amide bonds. The van der Waals surface area contributed by atoms with Crippen LogP contribution in [0.1, 0.15) is 35.0 Å². The van der Waals surface area contributed by atoms with Crippen molar-refractivity contribution in [1.82, 2.24) is 29.8 Å². The summed E-state index contributed by atoms with van der Waals surface area (Å²) in [5.74, 6) is 1.26. The summed E-state index contributed by atoms with van der Waals surface area (Å²) in [4.78, 5) is 24.9. The molecule has 1 saturated heterocycles. The second-order valence-electron chi connectivity index (χ2n) is 6.22. The number of imidazole rings is 1. The summed E-state index contributed by atoms with van der Waals surface area (Å²) in [6.45, 7) is 5.16. The zero-order chi connectivity index (χ0) is 16.4. The van der Waals surface area contributed by atoms with Crippen LogP contribution < -0.4 is 0 Å². The Kier molecular flexibility index (Phi) is 4.36. The van der Waals surface area contributed by atoms with Gasteiger partial charge in [-0.25, -0.2) is 9.97 Å². The number of rotatable bonds is 4. The number of aromatic amines is 1. The zero-order valence-electron chi connectivity index (χ0n) is 13.6. The van der Waals surface area contributed by atoms with Crippen molar-refractivity contribution in [3.63, 3.8) is 0 Å². The molecule has 3 aromatic rings. The first-order valence-electron chi connectivity index (χ1n) is 8.22. The summed E-state index contributed by atoms with van der Waals surface area (Å²) in [5, 5.41) is 0. The van der Waals surface area contributed by atoms with Crippen molar-refractivity contribution in [2.45, 2.75) is 32.2 Å². The number of hydrogen-bond acceptors (Lipinski definition) is 6. The molecule has 4 heterocycles. The van der Waals surface area contributed by atoms with Crippen LogP contribution in [0.5, 0.6) is 0 Å². The summed E-state index contributed by atoms with van der Waals surface area (Å²) in [5.41, 5.74) is 4.91. The van der Waals surface area contributed by atoms with Gasteiger partial charge in [-0.2, -0.15) is 0 Å². The number of thiazole rings is 1. The smallest absolute Gasteiger partial charge is 0.158 e. The van der Waals surface area contributed by atoms with Gasteiger partial charge in [0.15, 0.2) is 5.82 Å². The highest BCUT2D eigenvalue weighted by atomic mass is 32.1. The Labute approximate surface area is 145 Å². The summed E-state index contributed by atoms with van der Waals surface area (Å²) in [6, 6.07) is 0. The monoisotopic (exact) mass is 340 g/mol. The van der Waals surface area contributed by atoms with Crippen molar-refractivity contribution in [2.24, 2.45) is 0 Å². The van der Waals surface area contributed by atoms with Gasteiger partial charge in [-0.1, -0.05) is 0 Å². The number of hydrogen-bond donors (Lipinski definition) is 1. The third-order valence-electron chi connectivity index (χ3n) is 4.49. The quantitative estimate of drug-likeness (QED) is 0.790. The van der Waals surface area contributed by atoms with E-state index in [0.29, 0.717) is 5.92 Å². The van der Waals surface area contributed by atoms with Gasteiger partial charge in [0.05, 0.1) is 11.2 Å². The zero-order valence-corrected chi connectivity index (χ0v) is 14.5. The molecule has 24 heavy (non-hydrogen) atoms. The number of likely N-dealkylation sites (tertiary alicyclic amines) is 1. The molecule has 4 rings (SSSR count). The van der Waals surface area contributed by atoms with E-state index < -0.39 is 0 Å². The normalized spacial score (nSPS) is 16.5. The van der Waals surface area contributed by atoms with Crippen LogP contribution in [-0.4, -0.2) is 42.9 Å². The lowest BCUT2D eigenvalue weighted by Crippen LogP contribution is -2.32. The molecule has 0 atom stereocenters. The number of H-pyrrole nitrogens is 1. The van der Waals surface area contributed by atoms with E-state index in [-0.39, 0.29) is 0 Å². The summed E-state index contributed by atoms with van der Waals surface area (Å²) in [6.07, 6.45) is 9.55. The summed E-state index contributed by atoms with van der Waals surface area (Å²) in [7, 11) is 0. The topological polar surface area (TPSA) is 70.6 Å². The minimum Gasteiger partial charge on any atom is -0.341 e.